The number of hydrogen-bond donors (Lipinski definition) is 1. The SMILES string of the molecule is O=c1c2ccccc2[se]n1-c1nc(SCc2ccc([N+](=O)[O-])cc2)n[nH]1. The Labute approximate surface area is 157 Å². The number of nitrogens with one attached hydrogen (secondary N) is 1. The Kier molecular flexibility index (Phi) is 4.46. The molecule has 0 saturated heterocycles. The Morgan fingerprint density at radius 2 is 1.96 bits per heavy atom. The average Bonchev–Trinajstić information content (AvgIpc) is 3.25. The maximum atomic E-state index is 12.5. The van der Waals surface area contributed by atoms with Gasteiger partial charge in [-0.3, -0.25) is 0 Å². The van der Waals surface area contributed by atoms with Crippen molar-refractivity contribution in [2.24, 2.45) is 0 Å². The van der Waals surface area contributed by atoms with Crippen LogP contribution in [0.5, 0.6) is 0 Å². The van der Waals surface area contributed by atoms with Gasteiger partial charge < -0.3 is 0 Å². The van der Waals surface area contributed by atoms with Crippen LogP contribution >= 0.6 is 11.8 Å². The van der Waals surface area contributed by atoms with Gasteiger partial charge in [0.2, 0.25) is 0 Å². The Morgan fingerprint density at radius 1 is 1.19 bits per heavy atom. The molecule has 10 heteroatoms. The van der Waals surface area contributed by atoms with Gasteiger partial charge in [0, 0.05) is 0 Å². The van der Waals surface area contributed by atoms with Crippen LogP contribution in [0.1, 0.15) is 5.56 Å². The van der Waals surface area contributed by atoms with E-state index in [2.05, 4.69) is 15.2 Å². The number of aromatic amines is 1. The first-order valence-corrected chi connectivity index (χ1v) is 10.1. The molecular weight excluding hydrogens is 421 g/mol. The van der Waals surface area contributed by atoms with E-state index in [4.69, 9.17) is 0 Å². The summed E-state index contributed by atoms with van der Waals surface area (Å²) in [6, 6.07) is 13.9. The molecule has 0 bridgehead atoms. The molecule has 1 N–H and O–H groups in total. The second-order valence-electron chi connectivity index (χ2n) is 5.34. The molecule has 0 aliphatic rings. The number of H-pyrrole nitrogens is 1. The zero-order chi connectivity index (χ0) is 18.1. The van der Waals surface area contributed by atoms with Gasteiger partial charge in [-0.2, -0.15) is 0 Å². The van der Waals surface area contributed by atoms with Crippen molar-refractivity contribution < 1.29 is 4.92 Å². The van der Waals surface area contributed by atoms with E-state index >= 15 is 0 Å². The van der Waals surface area contributed by atoms with Crippen LogP contribution in [0.2, 0.25) is 0 Å². The summed E-state index contributed by atoms with van der Waals surface area (Å²) in [6.07, 6.45) is 0. The predicted octanol–water partition coefficient (Wildman–Crippen LogP) is 2.37. The summed E-state index contributed by atoms with van der Waals surface area (Å²) in [5.41, 5.74) is 0.928. The molecule has 0 fully saturated rings. The Morgan fingerprint density at radius 3 is 2.69 bits per heavy atom. The van der Waals surface area contributed by atoms with E-state index in [1.165, 1.54) is 23.9 Å². The molecule has 0 atom stereocenters. The summed E-state index contributed by atoms with van der Waals surface area (Å²) in [7, 11) is 0. The molecule has 4 rings (SSSR count). The normalized spacial score (nSPS) is 11.1. The number of nitro groups is 1. The molecule has 2 heterocycles. The van der Waals surface area contributed by atoms with Crippen LogP contribution in [0.3, 0.4) is 0 Å². The molecule has 2 aromatic heterocycles. The number of fused-ring (bicyclic) bond motifs is 1. The van der Waals surface area contributed by atoms with Crippen molar-refractivity contribution in [3.8, 4) is 5.95 Å². The van der Waals surface area contributed by atoms with Gasteiger partial charge in [0.15, 0.2) is 0 Å². The molecule has 0 spiro atoms. The standard InChI is InChI=1S/C16H11N5O3SSe/c22-14-12-3-1-2-4-13(12)26-20(14)15-17-16(19-18-15)25-9-10-5-7-11(8-6-10)21(23)24/h1-8H,9H2,(H,17,18,19). The van der Waals surface area contributed by atoms with Gasteiger partial charge >= 0.3 is 157 Å². The third-order valence-corrected chi connectivity index (χ3v) is 6.82. The van der Waals surface area contributed by atoms with Crippen LogP contribution in [0.4, 0.5) is 5.69 Å². The van der Waals surface area contributed by atoms with E-state index in [-0.39, 0.29) is 26.0 Å². The van der Waals surface area contributed by atoms with Gasteiger partial charge in [-0.05, 0) is 0 Å². The van der Waals surface area contributed by atoms with E-state index in [9.17, 15) is 14.9 Å². The topological polar surface area (TPSA) is 107 Å². The van der Waals surface area contributed by atoms with Crippen LogP contribution in [0, 0.1) is 10.1 Å². The summed E-state index contributed by atoms with van der Waals surface area (Å²) in [6.45, 7) is 0. The van der Waals surface area contributed by atoms with Crippen molar-refractivity contribution in [2.75, 3.05) is 0 Å². The quantitative estimate of drug-likeness (QED) is 0.225. The van der Waals surface area contributed by atoms with E-state index in [1.54, 1.807) is 15.7 Å². The zero-order valence-corrected chi connectivity index (χ0v) is 15.7. The van der Waals surface area contributed by atoms with E-state index in [1.807, 2.05) is 24.3 Å². The Balaban J connectivity index is 1.51. The fourth-order valence-electron chi connectivity index (χ4n) is 2.37. The molecule has 130 valence electrons. The van der Waals surface area contributed by atoms with Crippen molar-refractivity contribution in [1.82, 2.24) is 18.7 Å². The number of thioether (sulfide) groups is 1. The summed E-state index contributed by atoms with van der Waals surface area (Å²) in [5, 5.41) is 18.9. The third kappa shape index (κ3) is 3.22. The van der Waals surface area contributed by atoms with E-state index in [0.717, 1.165) is 9.82 Å². The van der Waals surface area contributed by atoms with Crippen LogP contribution in [0.25, 0.3) is 15.6 Å². The first-order chi connectivity index (χ1) is 12.6. The second-order valence-corrected chi connectivity index (χ2v) is 8.36. The number of benzene rings is 2. The van der Waals surface area contributed by atoms with Crippen molar-refractivity contribution in [3.05, 3.63) is 74.6 Å². The molecule has 26 heavy (non-hydrogen) atoms. The molecule has 0 aliphatic carbocycles. The van der Waals surface area contributed by atoms with Gasteiger partial charge in [-0.25, -0.2) is 0 Å². The molecule has 0 amide bonds. The molecule has 0 aliphatic heterocycles. The molecule has 2 aromatic carbocycles. The molecule has 0 radical (unpaired) electrons. The maximum absolute atomic E-state index is 12.5. The van der Waals surface area contributed by atoms with Crippen molar-refractivity contribution in [1.29, 1.82) is 0 Å². The monoisotopic (exact) mass is 433 g/mol. The Hall–Kier alpha value is -2.68. The van der Waals surface area contributed by atoms with Crippen LogP contribution in [-0.4, -0.2) is 38.4 Å². The van der Waals surface area contributed by atoms with Gasteiger partial charge in [-0.1, -0.05) is 0 Å². The van der Waals surface area contributed by atoms with Crippen LogP contribution in [-0.2, 0) is 5.75 Å². The summed E-state index contributed by atoms with van der Waals surface area (Å²) >= 11 is 1.24. The van der Waals surface area contributed by atoms with Gasteiger partial charge in [0.25, 0.3) is 0 Å². The second kappa shape index (κ2) is 6.91. The molecule has 0 saturated carbocycles. The van der Waals surface area contributed by atoms with Crippen LogP contribution < -0.4 is 5.56 Å². The first kappa shape index (κ1) is 16.8. The number of aromatic nitrogens is 4. The summed E-state index contributed by atoms with van der Waals surface area (Å²) in [4.78, 5) is 27.1. The number of hydrogen-bond acceptors (Lipinski definition) is 6. The Bertz CT molecular complexity index is 1150. The molecule has 4 aromatic rings. The fourth-order valence-corrected chi connectivity index (χ4v) is 5.09. The minimum absolute atomic E-state index is 0.0632. The van der Waals surface area contributed by atoms with E-state index < -0.39 is 4.92 Å². The predicted molar refractivity (Wildman–Crippen MR) is 99.1 cm³/mol. The number of nitro benzene ring substituents is 1. The van der Waals surface area contributed by atoms with Crippen molar-refractivity contribution in [2.45, 2.75) is 10.9 Å². The fraction of sp³-hybridized carbons (Fsp3) is 0.0625. The van der Waals surface area contributed by atoms with Gasteiger partial charge in [-0.15, -0.1) is 0 Å². The number of nitrogens with zero attached hydrogens (tertiary/aromatic N) is 4. The summed E-state index contributed by atoms with van der Waals surface area (Å²) in [5.74, 6) is 1.02. The summed E-state index contributed by atoms with van der Waals surface area (Å²) < 4.78 is 2.65. The van der Waals surface area contributed by atoms with Crippen molar-refractivity contribution >= 4 is 41.8 Å². The average molecular weight is 432 g/mol. The third-order valence-electron chi connectivity index (χ3n) is 3.65. The molecule has 8 nitrogen and oxygen atoms in total. The first-order valence-electron chi connectivity index (χ1n) is 7.52. The number of non-ortho nitro benzene ring substituents is 1. The van der Waals surface area contributed by atoms with Crippen LogP contribution in [0.15, 0.2) is 58.5 Å². The number of rotatable bonds is 5. The van der Waals surface area contributed by atoms with E-state index in [0.29, 0.717) is 22.2 Å². The van der Waals surface area contributed by atoms with Gasteiger partial charge in [0.1, 0.15) is 0 Å². The molecule has 0 unspecified atom stereocenters. The van der Waals surface area contributed by atoms with Crippen molar-refractivity contribution in [3.63, 3.8) is 0 Å². The van der Waals surface area contributed by atoms with Gasteiger partial charge in [0.05, 0.1) is 0 Å². The molecular formula is C16H11N5O3SSe. The minimum atomic E-state index is -0.425. The zero-order valence-electron chi connectivity index (χ0n) is 13.2.